The molecule has 0 radical (unpaired) electrons. The minimum Gasteiger partial charge on any atom is -0.342 e. The Morgan fingerprint density at radius 1 is 1.03 bits per heavy atom. The highest BCUT2D eigenvalue weighted by Crippen LogP contribution is 2.34. The van der Waals surface area contributed by atoms with Gasteiger partial charge in [-0.3, -0.25) is 24.2 Å². The molecule has 0 aliphatic carbocycles. The van der Waals surface area contributed by atoms with Gasteiger partial charge in [0.15, 0.2) is 0 Å². The van der Waals surface area contributed by atoms with Crippen LogP contribution >= 0.6 is 0 Å². The molecule has 1 fully saturated rings. The van der Waals surface area contributed by atoms with Gasteiger partial charge in [-0.05, 0) is 37.1 Å². The van der Waals surface area contributed by atoms with Gasteiger partial charge < -0.3 is 14.7 Å². The molecular weight excluding hydrogens is 442 g/mol. The fourth-order valence-electron chi connectivity index (χ4n) is 4.53. The predicted molar refractivity (Wildman–Crippen MR) is 135 cm³/mol. The predicted octanol–water partition coefficient (Wildman–Crippen LogP) is 3.38. The van der Waals surface area contributed by atoms with E-state index in [1.54, 1.807) is 23.3 Å². The molecule has 4 heterocycles. The number of nitrogens with zero attached hydrogens (tertiary/aromatic N) is 7. The topological polar surface area (TPSA) is 87.5 Å². The summed E-state index contributed by atoms with van der Waals surface area (Å²) in [4.78, 5) is 39.0. The number of para-hydroxylation sites is 2. The number of aromatic nitrogens is 4. The van der Waals surface area contributed by atoms with Crippen molar-refractivity contribution in [3.63, 3.8) is 0 Å². The van der Waals surface area contributed by atoms with Crippen LogP contribution in [0.5, 0.6) is 0 Å². The van der Waals surface area contributed by atoms with E-state index in [1.165, 1.54) is 4.90 Å². The van der Waals surface area contributed by atoms with Crippen LogP contribution in [0.3, 0.4) is 0 Å². The average Bonchev–Trinajstić information content (AvgIpc) is 3.57. The average molecular weight is 470 g/mol. The number of hydrogen-bond acceptors (Lipinski definition) is 6. The maximum absolute atomic E-state index is 12.7. The first-order valence-electron chi connectivity index (χ1n) is 11.6. The van der Waals surface area contributed by atoms with E-state index < -0.39 is 0 Å². The number of carbonyl (C=O) groups is 2. The third-order valence-corrected chi connectivity index (χ3v) is 6.53. The van der Waals surface area contributed by atoms with E-state index in [4.69, 9.17) is 0 Å². The van der Waals surface area contributed by atoms with Crippen molar-refractivity contribution in [3.05, 3.63) is 61.2 Å². The summed E-state index contributed by atoms with van der Waals surface area (Å²) in [6, 6.07) is 11.5. The fraction of sp³-hybridized carbons (Fsp3) is 0.269. The maximum Gasteiger partial charge on any atom is 0.242 e. The third kappa shape index (κ3) is 4.32. The van der Waals surface area contributed by atoms with Crippen LogP contribution in [-0.4, -0.2) is 63.6 Å². The van der Waals surface area contributed by atoms with Crippen LogP contribution in [0, 0.1) is 0 Å². The van der Waals surface area contributed by atoms with E-state index in [2.05, 4.69) is 15.1 Å². The van der Waals surface area contributed by atoms with E-state index in [1.807, 2.05) is 66.5 Å². The number of carbonyl (C=O) groups excluding carboxylic acids is 2. The number of rotatable bonds is 7. The molecule has 0 spiro atoms. The van der Waals surface area contributed by atoms with Gasteiger partial charge in [0, 0.05) is 44.3 Å². The molecule has 0 atom stereocenters. The number of hydrogen-bond donors (Lipinski definition) is 0. The highest BCUT2D eigenvalue weighted by atomic mass is 16.2. The highest BCUT2D eigenvalue weighted by molar-refractivity contribution is 5.94. The second-order valence-electron chi connectivity index (χ2n) is 8.66. The summed E-state index contributed by atoms with van der Waals surface area (Å²) in [7, 11) is 3.81. The van der Waals surface area contributed by atoms with Crippen molar-refractivity contribution in [2.24, 2.45) is 7.05 Å². The normalized spacial score (nSPS) is 13.3. The fourth-order valence-corrected chi connectivity index (χ4v) is 4.53. The van der Waals surface area contributed by atoms with E-state index in [9.17, 15) is 9.59 Å². The number of likely N-dealkylation sites (tertiary alicyclic amines) is 1. The Kier molecular flexibility index (Phi) is 6.13. The molecule has 0 N–H and O–H groups in total. The lowest BCUT2D eigenvalue weighted by molar-refractivity contribution is -0.129. The molecule has 1 aliphatic heterocycles. The number of amides is 2. The van der Waals surface area contributed by atoms with Gasteiger partial charge in [-0.2, -0.15) is 5.10 Å². The lowest BCUT2D eigenvalue weighted by Crippen LogP contribution is -2.38. The summed E-state index contributed by atoms with van der Waals surface area (Å²) in [5.74, 6) is -0.0312. The molecule has 1 aliphatic rings. The molecule has 4 aromatic rings. The van der Waals surface area contributed by atoms with Gasteiger partial charge in [0.25, 0.3) is 0 Å². The Bertz CT molecular complexity index is 1360. The van der Waals surface area contributed by atoms with Crippen LogP contribution in [0.4, 0.5) is 17.1 Å². The summed E-state index contributed by atoms with van der Waals surface area (Å²) in [6.45, 7) is 1.54. The van der Waals surface area contributed by atoms with Crippen molar-refractivity contribution in [2.45, 2.75) is 12.8 Å². The van der Waals surface area contributed by atoms with Gasteiger partial charge >= 0.3 is 0 Å². The van der Waals surface area contributed by atoms with E-state index in [0.717, 1.165) is 65.9 Å². The minimum absolute atomic E-state index is 0.0215. The van der Waals surface area contributed by atoms with Crippen LogP contribution in [0.2, 0.25) is 0 Å². The smallest absolute Gasteiger partial charge is 0.242 e. The Hall–Kier alpha value is -4.27. The quantitative estimate of drug-likeness (QED) is 0.386. The molecule has 3 aromatic heterocycles. The summed E-state index contributed by atoms with van der Waals surface area (Å²) < 4.78 is 1.79. The largest absolute Gasteiger partial charge is 0.342 e. The van der Waals surface area contributed by atoms with Gasteiger partial charge in [0.05, 0.1) is 46.9 Å². The van der Waals surface area contributed by atoms with Crippen LogP contribution in [-0.2, 0) is 16.6 Å². The molecule has 1 saturated heterocycles. The third-order valence-electron chi connectivity index (χ3n) is 6.53. The minimum atomic E-state index is -0.0312. The first-order valence-corrected chi connectivity index (χ1v) is 11.6. The monoisotopic (exact) mass is 469 g/mol. The van der Waals surface area contributed by atoms with Crippen molar-refractivity contribution < 1.29 is 9.59 Å². The van der Waals surface area contributed by atoms with Crippen molar-refractivity contribution in [3.8, 4) is 11.3 Å². The van der Waals surface area contributed by atoms with Crippen molar-refractivity contribution in [2.75, 3.05) is 36.5 Å². The van der Waals surface area contributed by atoms with Crippen LogP contribution in [0.15, 0.2) is 61.2 Å². The molecule has 5 rings (SSSR count). The highest BCUT2D eigenvalue weighted by Gasteiger charge is 2.23. The Labute approximate surface area is 203 Å². The molecular formula is C26H27N7O2. The maximum atomic E-state index is 12.7. The first-order chi connectivity index (χ1) is 17.1. The molecule has 0 saturated carbocycles. The molecule has 0 bridgehead atoms. The second kappa shape index (κ2) is 9.54. The van der Waals surface area contributed by atoms with Gasteiger partial charge in [-0.25, -0.2) is 0 Å². The van der Waals surface area contributed by atoms with Gasteiger partial charge in [-0.15, -0.1) is 0 Å². The second-order valence-corrected chi connectivity index (χ2v) is 8.66. The molecule has 0 unspecified atom stereocenters. The lowest BCUT2D eigenvalue weighted by Gasteiger charge is -2.27. The standard InChI is InChI=1S/C26H27N7O2/c1-30(19-9-10-22(28-13-19)20-14-27-16-25-21(20)15-29-31(25)2)23-7-3-4-8-24(23)33(18-34)17-26(35)32-11-5-6-12-32/h3-4,7-10,13-16,18H,5-6,11-12,17H2,1-2H3. The van der Waals surface area contributed by atoms with Crippen LogP contribution in [0.25, 0.3) is 22.2 Å². The Balaban J connectivity index is 1.41. The molecule has 178 valence electrons. The summed E-state index contributed by atoms with van der Waals surface area (Å²) in [5.41, 5.74) is 4.98. The number of aryl methyl sites for hydroxylation is 1. The Morgan fingerprint density at radius 2 is 1.80 bits per heavy atom. The zero-order valence-corrected chi connectivity index (χ0v) is 19.8. The number of pyridine rings is 2. The summed E-state index contributed by atoms with van der Waals surface area (Å²) in [5, 5.41) is 5.32. The molecule has 9 nitrogen and oxygen atoms in total. The number of fused-ring (bicyclic) bond motifs is 1. The van der Waals surface area contributed by atoms with E-state index in [-0.39, 0.29) is 12.5 Å². The molecule has 2 amide bonds. The van der Waals surface area contributed by atoms with Gasteiger partial charge in [0.1, 0.15) is 6.54 Å². The summed E-state index contributed by atoms with van der Waals surface area (Å²) >= 11 is 0. The number of anilines is 3. The SMILES string of the molecule is CN(c1ccc(-c2cncc3c2cnn3C)nc1)c1ccccc1N(C=O)CC(=O)N1CCCC1. The van der Waals surface area contributed by atoms with E-state index in [0.29, 0.717) is 5.69 Å². The lowest BCUT2D eigenvalue weighted by atomic mass is 10.1. The first kappa shape index (κ1) is 22.5. The molecule has 35 heavy (non-hydrogen) atoms. The van der Waals surface area contributed by atoms with Crippen LogP contribution < -0.4 is 9.80 Å². The van der Waals surface area contributed by atoms with Gasteiger partial charge in [0.2, 0.25) is 12.3 Å². The summed E-state index contributed by atoms with van der Waals surface area (Å²) in [6.07, 6.45) is 9.96. The van der Waals surface area contributed by atoms with Crippen LogP contribution in [0.1, 0.15) is 12.8 Å². The molecule has 1 aromatic carbocycles. The zero-order valence-electron chi connectivity index (χ0n) is 19.8. The van der Waals surface area contributed by atoms with E-state index >= 15 is 0 Å². The van der Waals surface area contributed by atoms with Crippen molar-refractivity contribution >= 4 is 40.3 Å². The molecule has 9 heteroatoms. The van der Waals surface area contributed by atoms with Crippen molar-refractivity contribution in [1.82, 2.24) is 24.6 Å². The number of benzene rings is 1. The van der Waals surface area contributed by atoms with Crippen molar-refractivity contribution in [1.29, 1.82) is 0 Å². The zero-order chi connectivity index (χ0) is 24.4. The Morgan fingerprint density at radius 3 is 2.51 bits per heavy atom. The van der Waals surface area contributed by atoms with Gasteiger partial charge in [-0.1, -0.05) is 12.1 Å².